The van der Waals surface area contributed by atoms with E-state index in [1.54, 1.807) is 13.8 Å². The molecule has 0 aliphatic heterocycles. The van der Waals surface area contributed by atoms with Gasteiger partial charge in [-0.3, -0.25) is 9.52 Å². The number of sulfonamides is 1. The van der Waals surface area contributed by atoms with Gasteiger partial charge in [-0.2, -0.15) is 13.2 Å². The van der Waals surface area contributed by atoms with Gasteiger partial charge in [0, 0.05) is 11.7 Å². The molecule has 0 bridgehead atoms. The molecule has 2 rings (SSSR count). The maximum absolute atomic E-state index is 12.8. The van der Waals surface area contributed by atoms with Crippen LogP contribution >= 0.6 is 0 Å². The maximum atomic E-state index is 12.8. The molecule has 152 valence electrons. The summed E-state index contributed by atoms with van der Waals surface area (Å²) in [6.07, 6.45) is -4.61. The van der Waals surface area contributed by atoms with E-state index in [0.29, 0.717) is 6.07 Å². The Balaban J connectivity index is 2.39. The molecule has 6 nitrogen and oxygen atoms in total. The van der Waals surface area contributed by atoms with Crippen molar-refractivity contribution in [2.24, 2.45) is 0 Å². The van der Waals surface area contributed by atoms with E-state index in [-0.39, 0.29) is 27.9 Å². The summed E-state index contributed by atoms with van der Waals surface area (Å²) in [6.45, 7) is 3.47. The molecule has 0 atom stereocenters. The first-order valence-electron chi connectivity index (χ1n) is 8.13. The number of hydrogen-bond acceptors (Lipinski definition) is 4. The van der Waals surface area contributed by atoms with Crippen LogP contribution < -0.4 is 14.8 Å². The molecule has 0 radical (unpaired) electrons. The first-order chi connectivity index (χ1) is 12.9. The molecule has 10 heteroatoms. The molecule has 0 saturated heterocycles. The lowest BCUT2D eigenvalue weighted by Gasteiger charge is -2.14. The average molecular weight is 416 g/mol. The summed E-state index contributed by atoms with van der Waals surface area (Å²) < 4.78 is 70.8. The van der Waals surface area contributed by atoms with Crippen LogP contribution in [0.2, 0.25) is 0 Å². The minimum Gasteiger partial charge on any atom is -0.496 e. The smallest absolute Gasteiger partial charge is 0.416 e. The lowest BCUT2D eigenvalue weighted by Crippen LogP contribution is -2.30. The zero-order valence-corrected chi connectivity index (χ0v) is 16.1. The van der Waals surface area contributed by atoms with Crippen molar-refractivity contribution in [2.75, 3.05) is 11.8 Å². The second-order valence-corrected chi connectivity index (χ2v) is 7.86. The molecule has 0 unspecified atom stereocenters. The Morgan fingerprint density at radius 1 is 1.11 bits per heavy atom. The van der Waals surface area contributed by atoms with Gasteiger partial charge in [0.2, 0.25) is 0 Å². The van der Waals surface area contributed by atoms with Crippen LogP contribution in [0.25, 0.3) is 0 Å². The molecule has 0 spiro atoms. The molecule has 0 heterocycles. The molecule has 2 N–H and O–H groups in total. The Bertz CT molecular complexity index is 973. The number of amides is 1. The highest BCUT2D eigenvalue weighted by atomic mass is 32.2. The number of nitrogens with one attached hydrogen (secondary N) is 2. The highest BCUT2D eigenvalue weighted by Crippen LogP contribution is 2.31. The third-order valence-corrected chi connectivity index (χ3v) is 4.97. The number of alkyl halides is 3. The molecule has 2 aromatic carbocycles. The van der Waals surface area contributed by atoms with Crippen molar-refractivity contribution in [3.8, 4) is 5.75 Å². The summed E-state index contributed by atoms with van der Waals surface area (Å²) in [5.74, 6) is -0.376. The summed E-state index contributed by atoms with van der Waals surface area (Å²) in [5, 5.41) is 2.63. The molecule has 2 aromatic rings. The van der Waals surface area contributed by atoms with Crippen LogP contribution in [0.15, 0.2) is 47.4 Å². The lowest BCUT2D eigenvalue weighted by atomic mass is 10.2. The van der Waals surface area contributed by atoms with E-state index in [0.717, 1.165) is 18.2 Å². The summed E-state index contributed by atoms with van der Waals surface area (Å²) >= 11 is 0. The van der Waals surface area contributed by atoms with Crippen molar-refractivity contribution < 1.29 is 31.1 Å². The lowest BCUT2D eigenvalue weighted by molar-refractivity contribution is -0.137. The number of hydrogen-bond donors (Lipinski definition) is 2. The van der Waals surface area contributed by atoms with Gasteiger partial charge in [-0.1, -0.05) is 6.07 Å². The topological polar surface area (TPSA) is 84.5 Å². The van der Waals surface area contributed by atoms with Crippen molar-refractivity contribution in [3.05, 3.63) is 53.6 Å². The van der Waals surface area contributed by atoms with Crippen molar-refractivity contribution in [1.29, 1.82) is 0 Å². The summed E-state index contributed by atoms with van der Waals surface area (Å²) in [6, 6.07) is 7.22. The number of carbonyl (C=O) groups excluding carboxylic acids is 1. The Morgan fingerprint density at radius 3 is 2.36 bits per heavy atom. The van der Waals surface area contributed by atoms with E-state index in [1.807, 2.05) is 0 Å². The van der Waals surface area contributed by atoms with Gasteiger partial charge < -0.3 is 10.1 Å². The molecular formula is C18H19F3N2O4S. The van der Waals surface area contributed by atoms with Crippen molar-refractivity contribution in [1.82, 2.24) is 5.32 Å². The summed E-state index contributed by atoms with van der Waals surface area (Å²) in [4.78, 5) is 12.0. The Labute approximate surface area is 160 Å². The van der Waals surface area contributed by atoms with Crippen LogP contribution in [-0.4, -0.2) is 27.5 Å². The molecular weight excluding hydrogens is 397 g/mol. The van der Waals surface area contributed by atoms with E-state index < -0.39 is 27.7 Å². The second-order valence-electron chi connectivity index (χ2n) is 6.17. The fourth-order valence-electron chi connectivity index (χ4n) is 2.34. The minimum atomic E-state index is -4.61. The van der Waals surface area contributed by atoms with Crippen LogP contribution in [0.1, 0.15) is 29.8 Å². The standard InChI is InChI=1S/C18H19F3N2O4S/c1-11(2)22-17(24)15-10-14(7-8-16(15)27-3)28(25,26)23-13-6-4-5-12(9-13)18(19,20)21/h4-11,23H,1-3H3,(H,22,24). The fraction of sp³-hybridized carbons (Fsp3) is 0.278. The van der Waals surface area contributed by atoms with Crippen molar-refractivity contribution in [3.63, 3.8) is 0 Å². The molecule has 0 saturated carbocycles. The number of anilines is 1. The third-order valence-electron chi connectivity index (χ3n) is 3.59. The SMILES string of the molecule is COc1ccc(S(=O)(=O)Nc2cccc(C(F)(F)F)c2)cc1C(=O)NC(C)C. The predicted octanol–water partition coefficient (Wildman–Crippen LogP) is 3.65. The Hall–Kier alpha value is -2.75. The van der Waals surface area contributed by atoms with Crippen LogP contribution in [0.5, 0.6) is 5.75 Å². The van der Waals surface area contributed by atoms with Gasteiger partial charge >= 0.3 is 6.18 Å². The number of methoxy groups -OCH3 is 1. The summed E-state index contributed by atoms with van der Waals surface area (Å²) in [5.41, 5.74) is -1.25. The Kier molecular flexibility index (Phi) is 6.23. The van der Waals surface area contributed by atoms with Crippen molar-refractivity contribution in [2.45, 2.75) is 31.0 Å². The minimum absolute atomic E-state index is 0.0110. The predicted molar refractivity (Wildman–Crippen MR) is 97.8 cm³/mol. The van der Waals surface area contributed by atoms with Crippen molar-refractivity contribution >= 4 is 21.6 Å². The van der Waals surface area contributed by atoms with Gasteiger partial charge in [-0.05, 0) is 50.2 Å². The van der Waals surface area contributed by atoms with E-state index in [4.69, 9.17) is 4.74 Å². The highest BCUT2D eigenvalue weighted by molar-refractivity contribution is 7.92. The molecule has 28 heavy (non-hydrogen) atoms. The number of halogens is 3. The van der Waals surface area contributed by atoms with Gasteiger partial charge in [0.25, 0.3) is 15.9 Å². The highest BCUT2D eigenvalue weighted by Gasteiger charge is 2.31. The van der Waals surface area contributed by atoms with Crippen LogP contribution in [0.3, 0.4) is 0 Å². The third kappa shape index (κ3) is 5.16. The van der Waals surface area contributed by atoms with E-state index >= 15 is 0 Å². The Morgan fingerprint density at radius 2 is 1.79 bits per heavy atom. The van der Waals surface area contributed by atoms with Gasteiger partial charge in [0.1, 0.15) is 5.75 Å². The molecule has 0 aliphatic carbocycles. The van der Waals surface area contributed by atoms with E-state index in [9.17, 15) is 26.4 Å². The average Bonchev–Trinajstić information content (AvgIpc) is 2.59. The first kappa shape index (κ1) is 21.5. The number of carbonyl (C=O) groups is 1. The monoisotopic (exact) mass is 416 g/mol. The molecule has 0 fully saturated rings. The van der Waals surface area contributed by atoms with Crippen LogP contribution in [0.4, 0.5) is 18.9 Å². The number of ether oxygens (including phenoxy) is 1. The van der Waals surface area contributed by atoms with Gasteiger partial charge in [-0.15, -0.1) is 0 Å². The maximum Gasteiger partial charge on any atom is 0.416 e. The molecule has 1 amide bonds. The van der Waals surface area contributed by atoms with Crippen LogP contribution in [0, 0.1) is 0 Å². The number of benzene rings is 2. The quantitative estimate of drug-likeness (QED) is 0.753. The molecule has 0 aliphatic rings. The summed E-state index contributed by atoms with van der Waals surface area (Å²) in [7, 11) is -2.91. The molecule has 0 aromatic heterocycles. The number of rotatable bonds is 6. The van der Waals surface area contributed by atoms with E-state index in [1.165, 1.54) is 25.3 Å². The zero-order chi connectivity index (χ0) is 21.1. The van der Waals surface area contributed by atoms with Gasteiger partial charge in [0.15, 0.2) is 0 Å². The fourth-order valence-corrected chi connectivity index (χ4v) is 3.42. The van der Waals surface area contributed by atoms with Gasteiger partial charge in [-0.25, -0.2) is 8.42 Å². The van der Waals surface area contributed by atoms with Crippen LogP contribution in [-0.2, 0) is 16.2 Å². The van der Waals surface area contributed by atoms with Gasteiger partial charge in [0.05, 0.1) is 23.1 Å². The first-order valence-corrected chi connectivity index (χ1v) is 9.61. The zero-order valence-electron chi connectivity index (χ0n) is 15.3. The largest absolute Gasteiger partial charge is 0.496 e. The van der Waals surface area contributed by atoms with E-state index in [2.05, 4.69) is 10.0 Å². The second kappa shape index (κ2) is 8.09. The normalized spacial score (nSPS) is 12.0.